The van der Waals surface area contributed by atoms with Crippen LogP contribution in [0.15, 0.2) is 43.0 Å². The van der Waals surface area contributed by atoms with E-state index in [4.69, 9.17) is 11.6 Å². The quantitative estimate of drug-likeness (QED) is 0.936. The molecule has 1 N–H and O–H groups in total. The highest BCUT2D eigenvalue weighted by atomic mass is 35.5. The maximum Gasteiger partial charge on any atom is 0.225 e. The zero-order chi connectivity index (χ0) is 16.2. The lowest BCUT2D eigenvalue weighted by Crippen LogP contribution is -2.39. The van der Waals surface area contributed by atoms with Crippen molar-refractivity contribution in [3.8, 4) is 0 Å². The number of amides is 1. The van der Waals surface area contributed by atoms with Crippen LogP contribution in [0.1, 0.15) is 37.0 Å². The summed E-state index contributed by atoms with van der Waals surface area (Å²) in [6.45, 7) is 1.43. The number of hydrogen-bond donors (Lipinski definition) is 1. The molecule has 0 spiro atoms. The Balaban J connectivity index is 1.52. The third-order valence-corrected chi connectivity index (χ3v) is 4.64. The van der Waals surface area contributed by atoms with E-state index in [2.05, 4.69) is 9.55 Å². The number of carbonyl (C=O) groups excluding carboxylic acids is 1. The number of piperidine rings is 1. The number of nitrogens with zero attached hydrogens (tertiary/aromatic N) is 3. The Kier molecular flexibility index (Phi) is 4.98. The average molecular weight is 334 g/mol. The summed E-state index contributed by atoms with van der Waals surface area (Å²) in [5.41, 5.74) is 0.719. The summed E-state index contributed by atoms with van der Waals surface area (Å²) < 4.78 is 2.10. The fourth-order valence-corrected chi connectivity index (χ4v) is 3.12. The lowest BCUT2D eigenvalue weighted by Gasteiger charge is -2.33. The minimum absolute atomic E-state index is 0.00321. The predicted molar refractivity (Wildman–Crippen MR) is 88.1 cm³/mol. The number of aliphatic hydroxyl groups excluding tert-OH is 1. The molecule has 0 bridgehead atoms. The second-order valence-corrected chi connectivity index (χ2v) is 6.33. The van der Waals surface area contributed by atoms with E-state index < -0.39 is 6.10 Å². The lowest BCUT2D eigenvalue weighted by atomic mass is 10.0. The molecular weight excluding hydrogens is 314 g/mol. The van der Waals surface area contributed by atoms with Gasteiger partial charge in [-0.05, 0) is 30.5 Å². The van der Waals surface area contributed by atoms with E-state index in [1.807, 2.05) is 17.4 Å². The first-order valence-corrected chi connectivity index (χ1v) is 8.20. The summed E-state index contributed by atoms with van der Waals surface area (Å²) in [4.78, 5) is 18.3. The average Bonchev–Trinajstić information content (AvgIpc) is 3.10. The number of likely N-dealkylation sites (tertiary alicyclic amines) is 1. The van der Waals surface area contributed by atoms with Gasteiger partial charge in [0.2, 0.25) is 5.91 Å². The summed E-state index contributed by atoms with van der Waals surface area (Å²) >= 11 is 5.84. The summed E-state index contributed by atoms with van der Waals surface area (Å²) in [5, 5.41) is 10.8. The Morgan fingerprint density at radius 1 is 1.30 bits per heavy atom. The van der Waals surface area contributed by atoms with Crippen LogP contribution in [0.4, 0.5) is 0 Å². The van der Waals surface area contributed by atoms with Crippen molar-refractivity contribution in [2.45, 2.75) is 31.4 Å². The minimum atomic E-state index is -0.786. The number of aliphatic hydroxyl groups is 1. The number of imidazole rings is 1. The Morgan fingerprint density at radius 2 is 2.00 bits per heavy atom. The van der Waals surface area contributed by atoms with Gasteiger partial charge in [-0.2, -0.15) is 0 Å². The Hall–Kier alpha value is -1.85. The standard InChI is InChI=1S/C17H20ClN3O2/c18-14-3-1-13(2-4-14)16(22)11-17(23)20-8-5-15(6-9-20)21-10-7-19-12-21/h1-4,7,10,12,15-16,22H,5-6,8-9,11H2. The number of aromatic nitrogens is 2. The van der Waals surface area contributed by atoms with E-state index >= 15 is 0 Å². The van der Waals surface area contributed by atoms with Crippen molar-refractivity contribution in [3.63, 3.8) is 0 Å². The molecule has 1 saturated heterocycles. The fourth-order valence-electron chi connectivity index (χ4n) is 3.00. The van der Waals surface area contributed by atoms with Crippen molar-refractivity contribution in [1.29, 1.82) is 0 Å². The SMILES string of the molecule is O=C(CC(O)c1ccc(Cl)cc1)N1CCC(n2ccnc2)CC1. The smallest absolute Gasteiger partial charge is 0.225 e. The number of benzene rings is 1. The number of hydrogen-bond acceptors (Lipinski definition) is 3. The highest BCUT2D eigenvalue weighted by Gasteiger charge is 2.25. The van der Waals surface area contributed by atoms with Gasteiger partial charge < -0.3 is 14.6 Å². The molecule has 0 aliphatic carbocycles. The molecule has 23 heavy (non-hydrogen) atoms. The van der Waals surface area contributed by atoms with E-state index in [9.17, 15) is 9.90 Å². The first-order chi connectivity index (χ1) is 11.1. The highest BCUT2D eigenvalue weighted by molar-refractivity contribution is 6.30. The molecule has 1 aliphatic rings. The topological polar surface area (TPSA) is 58.4 Å². The van der Waals surface area contributed by atoms with Gasteiger partial charge >= 0.3 is 0 Å². The van der Waals surface area contributed by atoms with Crippen molar-refractivity contribution in [1.82, 2.24) is 14.5 Å². The summed E-state index contributed by atoms with van der Waals surface area (Å²) in [6.07, 6.45) is 6.72. The molecular formula is C17H20ClN3O2. The van der Waals surface area contributed by atoms with Crippen LogP contribution >= 0.6 is 11.6 Å². The van der Waals surface area contributed by atoms with E-state index in [1.54, 1.807) is 30.5 Å². The molecule has 3 rings (SSSR count). The number of halogens is 1. The third kappa shape index (κ3) is 3.92. The normalized spacial score (nSPS) is 17.2. The minimum Gasteiger partial charge on any atom is -0.388 e. The van der Waals surface area contributed by atoms with Gasteiger partial charge in [-0.3, -0.25) is 4.79 Å². The molecule has 1 atom stereocenters. The summed E-state index contributed by atoms with van der Waals surface area (Å²) in [7, 11) is 0. The van der Waals surface area contributed by atoms with E-state index in [-0.39, 0.29) is 12.3 Å². The fraction of sp³-hybridized carbons (Fsp3) is 0.412. The molecule has 2 aromatic rings. The van der Waals surface area contributed by atoms with Crippen LogP contribution in [0.5, 0.6) is 0 Å². The molecule has 2 heterocycles. The highest BCUT2D eigenvalue weighted by Crippen LogP contribution is 2.25. The number of rotatable bonds is 4. The van der Waals surface area contributed by atoms with Crippen LogP contribution in [-0.4, -0.2) is 38.6 Å². The Morgan fingerprint density at radius 3 is 2.61 bits per heavy atom. The molecule has 1 amide bonds. The Bertz CT molecular complexity index is 634. The van der Waals surface area contributed by atoms with Crippen molar-refractivity contribution >= 4 is 17.5 Å². The summed E-state index contributed by atoms with van der Waals surface area (Å²) in [5.74, 6) is -0.00321. The maximum absolute atomic E-state index is 12.4. The van der Waals surface area contributed by atoms with Gasteiger partial charge in [0.15, 0.2) is 0 Å². The first-order valence-electron chi connectivity index (χ1n) is 7.82. The van der Waals surface area contributed by atoms with E-state index in [1.165, 1.54) is 0 Å². The summed E-state index contributed by atoms with van der Waals surface area (Å²) in [6, 6.07) is 7.36. The molecule has 0 saturated carbocycles. The number of carbonyl (C=O) groups is 1. The second-order valence-electron chi connectivity index (χ2n) is 5.89. The van der Waals surface area contributed by atoms with Gasteiger partial charge in [-0.15, -0.1) is 0 Å². The molecule has 1 unspecified atom stereocenters. The third-order valence-electron chi connectivity index (χ3n) is 4.39. The van der Waals surface area contributed by atoms with Crippen LogP contribution in [0, 0.1) is 0 Å². The molecule has 1 aromatic heterocycles. The molecule has 5 nitrogen and oxygen atoms in total. The van der Waals surface area contributed by atoms with Crippen molar-refractivity contribution in [3.05, 3.63) is 53.6 Å². The second kappa shape index (κ2) is 7.15. The molecule has 0 radical (unpaired) electrons. The van der Waals surface area contributed by atoms with Gasteiger partial charge in [-0.25, -0.2) is 4.98 Å². The molecule has 1 aromatic carbocycles. The van der Waals surface area contributed by atoms with Crippen LogP contribution in [0.25, 0.3) is 0 Å². The van der Waals surface area contributed by atoms with Crippen LogP contribution in [0.2, 0.25) is 5.02 Å². The van der Waals surface area contributed by atoms with E-state index in [0.29, 0.717) is 11.1 Å². The zero-order valence-corrected chi connectivity index (χ0v) is 13.6. The largest absolute Gasteiger partial charge is 0.388 e. The van der Waals surface area contributed by atoms with Crippen molar-refractivity contribution in [2.24, 2.45) is 0 Å². The first kappa shape index (κ1) is 16.0. The maximum atomic E-state index is 12.4. The molecule has 1 aliphatic heterocycles. The van der Waals surface area contributed by atoms with Gasteiger partial charge in [0.05, 0.1) is 18.9 Å². The Labute approximate surface area is 140 Å². The zero-order valence-electron chi connectivity index (χ0n) is 12.8. The van der Waals surface area contributed by atoms with Crippen LogP contribution in [-0.2, 0) is 4.79 Å². The van der Waals surface area contributed by atoms with Crippen molar-refractivity contribution < 1.29 is 9.90 Å². The monoisotopic (exact) mass is 333 g/mol. The van der Waals surface area contributed by atoms with Gasteiger partial charge in [0.1, 0.15) is 0 Å². The van der Waals surface area contributed by atoms with Gasteiger partial charge in [0.25, 0.3) is 0 Å². The van der Waals surface area contributed by atoms with Crippen molar-refractivity contribution in [2.75, 3.05) is 13.1 Å². The molecule has 1 fully saturated rings. The molecule has 6 heteroatoms. The van der Waals surface area contributed by atoms with Gasteiger partial charge in [-0.1, -0.05) is 23.7 Å². The lowest BCUT2D eigenvalue weighted by molar-refractivity contribution is -0.134. The van der Waals surface area contributed by atoms with E-state index in [0.717, 1.165) is 31.5 Å². The van der Waals surface area contributed by atoms with Gasteiger partial charge in [0, 0.05) is 36.5 Å². The predicted octanol–water partition coefficient (Wildman–Crippen LogP) is 2.82. The van der Waals surface area contributed by atoms with Crippen LogP contribution in [0.3, 0.4) is 0 Å². The van der Waals surface area contributed by atoms with Crippen LogP contribution < -0.4 is 0 Å². The molecule has 122 valence electrons.